The van der Waals surface area contributed by atoms with Gasteiger partial charge in [0.1, 0.15) is 12.4 Å². The summed E-state index contributed by atoms with van der Waals surface area (Å²) in [5.41, 5.74) is 2.74. The third-order valence-corrected chi connectivity index (χ3v) is 3.63. The first kappa shape index (κ1) is 17.0. The molecule has 0 amide bonds. The van der Waals surface area contributed by atoms with Crippen LogP contribution in [0.5, 0.6) is 5.75 Å². The lowest BCUT2D eigenvalue weighted by Crippen LogP contribution is -2.23. The largest absolute Gasteiger partial charge is 0.491 e. The molecule has 1 N–H and O–H groups in total. The maximum absolute atomic E-state index is 11.6. The first-order chi connectivity index (χ1) is 11.3. The van der Waals surface area contributed by atoms with E-state index in [1.54, 1.807) is 12.1 Å². The minimum atomic E-state index is -0.349. The van der Waals surface area contributed by atoms with Crippen molar-refractivity contribution in [2.75, 3.05) is 13.7 Å². The normalized spacial score (nSPS) is 16.0. The van der Waals surface area contributed by atoms with E-state index in [0.29, 0.717) is 18.7 Å². The van der Waals surface area contributed by atoms with Crippen molar-refractivity contribution in [3.8, 4) is 5.75 Å². The Balaban J connectivity index is 0.000000924. The Morgan fingerprint density at radius 3 is 2.61 bits per heavy atom. The number of methoxy groups -OCH3 is 1. The zero-order valence-electron chi connectivity index (χ0n) is 13.8. The van der Waals surface area contributed by atoms with Gasteiger partial charge >= 0.3 is 5.97 Å². The molecule has 0 saturated heterocycles. The third-order valence-electron chi connectivity index (χ3n) is 3.63. The van der Waals surface area contributed by atoms with Crippen LogP contribution >= 0.6 is 0 Å². The summed E-state index contributed by atoms with van der Waals surface area (Å²) < 4.78 is 10.6. The third kappa shape index (κ3) is 4.11. The van der Waals surface area contributed by atoms with Crippen LogP contribution in [-0.4, -0.2) is 19.7 Å². The fourth-order valence-electron chi connectivity index (χ4n) is 2.44. The number of hydrogen-bond donors (Lipinski definition) is 1. The molecule has 0 saturated carbocycles. The molecule has 0 fully saturated rings. The molecular weight excluding hydrogens is 290 g/mol. The van der Waals surface area contributed by atoms with E-state index in [1.807, 2.05) is 38.1 Å². The van der Waals surface area contributed by atoms with Crippen molar-refractivity contribution in [1.29, 1.82) is 0 Å². The first-order valence-corrected chi connectivity index (χ1v) is 7.90. The molecule has 3 rings (SSSR count). The van der Waals surface area contributed by atoms with Crippen LogP contribution in [0.1, 0.15) is 41.4 Å². The lowest BCUT2D eigenvalue weighted by molar-refractivity contribution is 0.0600. The number of benzene rings is 2. The van der Waals surface area contributed by atoms with Crippen molar-refractivity contribution in [2.45, 2.75) is 26.4 Å². The Kier molecular flexibility index (Phi) is 6.18. The molecule has 1 atom stereocenters. The lowest BCUT2D eigenvalue weighted by Gasteiger charge is -2.15. The quantitative estimate of drug-likeness (QED) is 0.858. The molecule has 2 aromatic rings. The van der Waals surface area contributed by atoms with E-state index >= 15 is 0 Å². The van der Waals surface area contributed by atoms with Gasteiger partial charge in [0.2, 0.25) is 0 Å². The summed E-state index contributed by atoms with van der Waals surface area (Å²) in [6.07, 6.45) is 0. The van der Waals surface area contributed by atoms with Gasteiger partial charge in [0, 0.05) is 12.1 Å². The lowest BCUT2D eigenvalue weighted by atomic mass is 10.1. The molecule has 1 aliphatic rings. The summed E-state index contributed by atoms with van der Waals surface area (Å²) in [5, 5.41) is 3.48. The first-order valence-electron chi connectivity index (χ1n) is 7.90. The van der Waals surface area contributed by atoms with E-state index in [9.17, 15) is 4.79 Å². The molecule has 122 valence electrons. The Bertz CT molecular complexity index is 640. The molecule has 0 aromatic heterocycles. The van der Waals surface area contributed by atoms with Gasteiger partial charge in [-0.2, -0.15) is 0 Å². The highest BCUT2D eigenvalue weighted by atomic mass is 16.5. The van der Waals surface area contributed by atoms with Crippen LogP contribution in [0.15, 0.2) is 48.5 Å². The van der Waals surface area contributed by atoms with E-state index in [4.69, 9.17) is 9.47 Å². The average Bonchev–Trinajstić information content (AvgIpc) is 2.85. The summed E-state index contributed by atoms with van der Waals surface area (Å²) in [7, 11) is 1.38. The molecule has 0 radical (unpaired) electrons. The SMILES string of the molecule is CC.COC(=O)c1ccc2c(c1)OCC(c1ccccc1)NC2. The van der Waals surface area contributed by atoms with Gasteiger partial charge in [0.05, 0.1) is 18.7 Å². The van der Waals surface area contributed by atoms with E-state index in [0.717, 1.165) is 11.3 Å². The van der Waals surface area contributed by atoms with E-state index in [-0.39, 0.29) is 12.0 Å². The summed E-state index contributed by atoms with van der Waals surface area (Å²) in [5.74, 6) is 0.391. The fraction of sp³-hybridized carbons (Fsp3) is 0.316. The molecule has 4 nitrogen and oxygen atoms in total. The van der Waals surface area contributed by atoms with Gasteiger partial charge in [0.25, 0.3) is 0 Å². The second-order valence-electron chi connectivity index (χ2n) is 4.97. The summed E-state index contributed by atoms with van der Waals surface area (Å²) >= 11 is 0. The van der Waals surface area contributed by atoms with E-state index < -0.39 is 0 Å². The molecule has 1 aliphatic heterocycles. The zero-order chi connectivity index (χ0) is 16.7. The Morgan fingerprint density at radius 1 is 1.17 bits per heavy atom. The van der Waals surface area contributed by atoms with Crippen LogP contribution in [0.3, 0.4) is 0 Å². The fourth-order valence-corrected chi connectivity index (χ4v) is 2.44. The topological polar surface area (TPSA) is 47.6 Å². The zero-order valence-corrected chi connectivity index (χ0v) is 13.8. The molecule has 0 bridgehead atoms. The Morgan fingerprint density at radius 2 is 1.91 bits per heavy atom. The molecule has 0 spiro atoms. The number of hydrogen-bond acceptors (Lipinski definition) is 4. The summed E-state index contributed by atoms with van der Waals surface area (Å²) in [6.45, 7) is 5.23. The monoisotopic (exact) mass is 313 g/mol. The van der Waals surface area contributed by atoms with Crippen molar-refractivity contribution in [2.24, 2.45) is 0 Å². The van der Waals surface area contributed by atoms with E-state index in [1.165, 1.54) is 12.7 Å². The van der Waals surface area contributed by atoms with Gasteiger partial charge in [-0.1, -0.05) is 50.2 Å². The van der Waals surface area contributed by atoms with Gasteiger partial charge in [-0.15, -0.1) is 0 Å². The second-order valence-corrected chi connectivity index (χ2v) is 4.97. The van der Waals surface area contributed by atoms with Crippen LogP contribution in [0.2, 0.25) is 0 Å². The van der Waals surface area contributed by atoms with Gasteiger partial charge in [-0.05, 0) is 17.7 Å². The number of ether oxygens (including phenoxy) is 2. The number of nitrogens with one attached hydrogen (secondary N) is 1. The predicted molar refractivity (Wildman–Crippen MR) is 90.6 cm³/mol. The highest BCUT2D eigenvalue weighted by molar-refractivity contribution is 5.89. The van der Waals surface area contributed by atoms with Crippen molar-refractivity contribution in [3.05, 3.63) is 65.2 Å². The van der Waals surface area contributed by atoms with Crippen LogP contribution in [0.25, 0.3) is 0 Å². The number of fused-ring (bicyclic) bond motifs is 1. The molecule has 1 unspecified atom stereocenters. The molecule has 23 heavy (non-hydrogen) atoms. The standard InChI is InChI=1S/C17H17NO3.C2H6/c1-20-17(19)13-7-8-14-10-18-15(11-21-16(14)9-13)12-5-3-2-4-6-12;1-2/h2-9,15,18H,10-11H2,1H3;1-2H3. The number of carbonyl (C=O) groups excluding carboxylic acids is 1. The maximum atomic E-state index is 11.6. The number of rotatable bonds is 2. The molecule has 1 heterocycles. The van der Waals surface area contributed by atoms with Crippen LogP contribution < -0.4 is 10.1 Å². The number of carbonyl (C=O) groups is 1. The van der Waals surface area contributed by atoms with Gasteiger partial charge in [0.15, 0.2) is 0 Å². The van der Waals surface area contributed by atoms with Crippen LogP contribution in [0.4, 0.5) is 0 Å². The van der Waals surface area contributed by atoms with E-state index in [2.05, 4.69) is 17.4 Å². The number of esters is 1. The average molecular weight is 313 g/mol. The minimum absolute atomic E-state index is 0.139. The van der Waals surface area contributed by atoms with Crippen molar-refractivity contribution >= 4 is 5.97 Å². The minimum Gasteiger partial charge on any atom is -0.491 e. The maximum Gasteiger partial charge on any atom is 0.337 e. The highest BCUT2D eigenvalue weighted by Gasteiger charge is 2.19. The summed E-state index contributed by atoms with van der Waals surface area (Å²) in [6, 6.07) is 15.7. The molecule has 0 aliphatic carbocycles. The highest BCUT2D eigenvalue weighted by Crippen LogP contribution is 2.26. The Labute approximate surface area is 137 Å². The molecule has 4 heteroatoms. The van der Waals surface area contributed by atoms with Gasteiger partial charge in [-0.3, -0.25) is 0 Å². The van der Waals surface area contributed by atoms with Crippen LogP contribution in [-0.2, 0) is 11.3 Å². The molecular formula is C19H23NO3. The molecule has 2 aromatic carbocycles. The predicted octanol–water partition coefficient (Wildman–Crippen LogP) is 3.72. The van der Waals surface area contributed by atoms with Gasteiger partial charge < -0.3 is 14.8 Å². The smallest absolute Gasteiger partial charge is 0.337 e. The van der Waals surface area contributed by atoms with Crippen molar-refractivity contribution < 1.29 is 14.3 Å². The summed E-state index contributed by atoms with van der Waals surface area (Å²) in [4.78, 5) is 11.6. The van der Waals surface area contributed by atoms with Crippen molar-refractivity contribution in [1.82, 2.24) is 5.32 Å². The van der Waals surface area contributed by atoms with Gasteiger partial charge in [-0.25, -0.2) is 4.79 Å². The second kappa shape index (κ2) is 8.34. The van der Waals surface area contributed by atoms with Crippen molar-refractivity contribution in [3.63, 3.8) is 0 Å². The Hall–Kier alpha value is -2.33. The van der Waals surface area contributed by atoms with Crippen LogP contribution in [0, 0.1) is 0 Å².